The Morgan fingerprint density at radius 2 is 0.506 bits per heavy atom. The summed E-state index contributed by atoms with van der Waals surface area (Å²) in [6, 6.07) is 0. The molecular formula is C71H122O6. The molecule has 77 heavy (non-hydrogen) atoms. The number of rotatable bonds is 59. The lowest BCUT2D eigenvalue weighted by Gasteiger charge is -2.18. The van der Waals surface area contributed by atoms with Crippen molar-refractivity contribution in [3.63, 3.8) is 0 Å². The molecule has 0 saturated heterocycles. The van der Waals surface area contributed by atoms with Crippen molar-refractivity contribution in [3.8, 4) is 0 Å². The highest BCUT2D eigenvalue weighted by Crippen LogP contribution is 2.17. The molecule has 0 N–H and O–H groups in total. The number of esters is 3. The van der Waals surface area contributed by atoms with Crippen molar-refractivity contribution in [2.24, 2.45) is 0 Å². The summed E-state index contributed by atoms with van der Waals surface area (Å²) in [6.07, 6.45) is 87.1. The molecule has 0 bridgehead atoms. The maximum absolute atomic E-state index is 12.9. The molecule has 6 nitrogen and oxygen atoms in total. The summed E-state index contributed by atoms with van der Waals surface area (Å²) in [5.41, 5.74) is 0. The second kappa shape index (κ2) is 64.9. The van der Waals surface area contributed by atoms with Crippen LogP contribution in [0.5, 0.6) is 0 Å². The van der Waals surface area contributed by atoms with Crippen LogP contribution in [0.15, 0.2) is 97.2 Å². The molecule has 0 fully saturated rings. The predicted octanol–water partition coefficient (Wildman–Crippen LogP) is 22.4. The van der Waals surface area contributed by atoms with E-state index in [2.05, 4.69) is 118 Å². The van der Waals surface area contributed by atoms with E-state index in [0.717, 1.165) is 116 Å². The minimum Gasteiger partial charge on any atom is -0.462 e. The molecule has 0 aliphatic carbocycles. The molecule has 0 aromatic carbocycles. The Labute approximate surface area is 477 Å². The van der Waals surface area contributed by atoms with Crippen LogP contribution in [0.25, 0.3) is 0 Å². The Morgan fingerprint density at radius 3 is 0.805 bits per heavy atom. The lowest BCUT2D eigenvalue weighted by Crippen LogP contribution is -2.30. The summed E-state index contributed by atoms with van der Waals surface area (Å²) in [7, 11) is 0. The van der Waals surface area contributed by atoms with Crippen molar-refractivity contribution in [1.82, 2.24) is 0 Å². The van der Waals surface area contributed by atoms with Crippen molar-refractivity contribution in [1.29, 1.82) is 0 Å². The van der Waals surface area contributed by atoms with Crippen LogP contribution in [-0.4, -0.2) is 37.2 Å². The van der Waals surface area contributed by atoms with E-state index in [-0.39, 0.29) is 31.1 Å². The molecular weight excluding hydrogens is 949 g/mol. The van der Waals surface area contributed by atoms with Crippen molar-refractivity contribution >= 4 is 17.9 Å². The van der Waals surface area contributed by atoms with Gasteiger partial charge < -0.3 is 14.2 Å². The van der Waals surface area contributed by atoms with Crippen LogP contribution in [0.3, 0.4) is 0 Å². The summed E-state index contributed by atoms with van der Waals surface area (Å²) >= 11 is 0. The summed E-state index contributed by atoms with van der Waals surface area (Å²) in [5, 5.41) is 0. The Bertz CT molecular complexity index is 1510. The van der Waals surface area contributed by atoms with Crippen molar-refractivity contribution in [2.45, 2.75) is 322 Å². The van der Waals surface area contributed by atoms with Gasteiger partial charge in [-0.2, -0.15) is 0 Å². The van der Waals surface area contributed by atoms with Gasteiger partial charge in [0, 0.05) is 19.3 Å². The topological polar surface area (TPSA) is 78.9 Å². The molecule has 0 aliphatic heterocycles. The normalized spacial score (nSPS) is 12.7. The Hall–Kier alpha value is -3.67. The minimum absolute atomic E-state index is 0.0820. The van der Waals surface area contributed by atoms with Crippen molar-refractivity contribution in [3.05, 3.63) is 97.2 Å². The van der Waals surface area contributed by atoms with E-state index < -0.39 is 6.10 Å². The fourth-order valence-electron chi connectivity index (χ4n) is 9.21. The average molecular weight is 1070 g/mol. The molecule has 0 aliphatic rings. The largest absolute Gasteiger partial charge is 0.462 e. The van der Waals surface area contributed by atoms with Crippen LogP contribution in [0.2, 0.25) is 0 Å². The minimum atomic E-state index is -0.786. The molecule has 0 rings (SSSR count). The van der Waals surface area contributed by atoms with Gasteiger partial charge in [-0.3, -0.25) is 14.4 Å². The third-order valence-electron chi connectivity index (χ3n) is 14.1. The SMILES string of the molecule is CC/C=C\C/C=C\C/C=C\C/C=C\CCCCCCCCCCCCCCCCCCC(=O)OCC(COC(=O)CCCCCCC/C=C\CCCCCC)OC(=O)CCCCCCCCC/C=C\C/C=C\C/C=C\CC. The second-order valence-electron chi connectivity index (χ2n) is 21.6. The molecule has 0 spiro atoms. The van der Waals surface area contributed by atoms with Crippen LogP contribution >= 0.6 is 0 Å². The molecule has 442 valence electrons. The van der Waals surface area contributed by atoms with E-state index in [9.17, 15) is 14.4 Å². The summed E-state index contributed by atoms with van der Waals surface area (Å²) in [6.45, 7) is 6.41. The number of unbranched alkanes of at least 4 members (excludes halogenated alkanes) is 32. The van der Waals surface area contributed by atoms with Crippen LogP contribution < -0.4 is 0 Å². The fourth-order valence-corrected chi connectivity index (χ4v) is 9.21. The Kier molecular flexibility index (Phi) is 61.8. The zero-order valence-corrected chi connectivity index (χ0v) is 50.7. The van der Waals surface area contributed by atoms with E-state index in [1.807, 2.05) is 0 Å². The first-order valence-corrected chi connectivity index (χ1v) is 32.7. The molecule has 0 aromatic rings. The standard InChI is InChI=1S/C71H122O6/c1-4-7-10-13-16-19-22-25-27-29-30-31-32-33-34-35-36-37-38-39-40-42-43-46-49-52-55-58-61-64-70(73)76-67-68(66-75-69(72)63-60-57-54-51-48-45-24-21-18-15-12-9-6-3)77-71(74)65-62-59-56-53-50-47-44-41-28-26-23-20-17-14-11-8-5-2/h7-8,10-11,16-17,19-21,24-28,30-31,68H,4-6,9,12-15,18,22-23,29,32-67H2,1-3H3/b10-7-,11-8-,19-16-,20-17-,24-21-,27-25-,28-26-,31-30-. The number of hydrogen-bond donors (Lipinski definition) is 0. The van der Waals surface area contributed by atoms with E-state index in [1.54, 1.807) is 0 Å². The van der Waals surface area contributed by atoms with Crippen LogP contribution in [0.4, 0.5) is 0 Å². The fraction of sp³-hybridized carbons (Fsp3) is 0.732. The Morgan fingerprint density at radius 1 is 0.273 bits per heavy atom. The maximum Gasteiger partial charge on any atom is 0.306 e. The first kappa shape index (κ1) is 73.3. The number of hydrogen-bond acceptors (Lipinski definition) is 6. The summed E-state index contributed by atoms with van der Waals surface area (Å²) in [4.78, 5) is 38.3. The van der Waals surface area contributed by atoms with E-state index in [4.69, 9.17) is 14.2 Å². The number of carbonyl (C=O) groups excluding carboxylic acids is 3. The van der Waals surface area contributed by atoms with Crippen LogP contribution in [0.1, 0.15) is 316 Å². The first-order valence-electron chi connectivity index (χ1n) is 32.7. The summed E-state index contributed by atoms with van der Waals surface area (Å²) < 4.78 is 16.9. The van der Waals surface area contributed by atoms with Crippen LogP contribution in [-0.2, 0) is 28.6 Å². The van der Waals surface area contributed by atoms with Gasteiger partial charge in [-0.25, -0.2) is 0 Å². The lowest BCUT2D eigenvalue weighted by atomic mass is 10.0. The lowest BCUT2D eigenvalue weighted by molar-refractivity contribution is -0.167. The van der Waals surface area contributed by atoms with Gasteiger partial charge in [0.15, 0.2) is 6.10 Å². The highest BCUT2D eigenvalue weighted by Gasteiger charge is 2.19. The van der Waals surface area contributed by atoms with Gasteiger partial charge >= 0.3 is 17.9 Å². The molecule has 1 atom stereocenters. The van der Waals surface area contributed by atoms with E-state index >= 15 is 0 Å². The molecule has 0 aromatic heterocycles. The Balaban J connectivity index is 4.24. The third kappa shape index (κ3) is 63.0. The van der Waals surface area contributed by atoms with Crippen LogP contribution in [0, 0.1) is 0 Å². The zero-order valence-electron chi connectivity index (χ0n) is 50.7. The zero-order chi connectivity index (χ0) is 55.7. The van der Waals surface area contributed by atoms with E-state index in [0.29, 0.717) is 19.3 Å². The number of ether oxygens (including phenoxy) is 3. The van der Waals surface area contributed by atoms with Crippen molar-refractivity contribution < 1.29 is 28.6 Å². The van der Waals surface area contributed by atoms with Gasteiger partial charge in [0.1, 0.15) is 13.2 Å². The maximum atomic E-state index is 12.9. The molecule has 0 amide bonds. The summed E-state index contributed by atoms with van der Waals surface area (Å²) in [5.74, 6) is -0.890. The third-order valence-corrected chi connectivity index (χ3v) is 14.1. The molecule has 6 heteroatoms. The predicted molar refractivity (Wildman–Crippen MR) is 334 cm³/mol. The molecule has 0 saturated carbocycles. The average Bonchev–Trinajstić information content (AvgIpc) is 3.43. The van der Waals surface area contributed by atoms with Gasteiger partial charge in [0.2, 0.25) is 0 Å². The molecule has 0 radical (unpaired) electrons. The van der Waals surface area contributed by atoms with Gasteiger partial charge in [-0.15, -0.1) is 0 Å². The van der Waals surface area contributed by atoms with Gasteiger partial charge in [-0.05, 0) is 116 Å². The molecule has 1 unspecified atom stereocenters. The first-order chi connectivity index (χ1) is 38.0. The van der Waals surface area contributed by atoms with Gasteiger partial charge in [0.25, 0.3) is 0 Å². The highest BCUT2D eigenvalue weighted by molar-refractivity contribution is 5.71. The van der Waals surface area contributed by atoms with Gasteiger partial charge in [0.05, 0.1) is 0 Å². The van der Waals surface area contributed by atoms with Gasteiger partial charge in [-0.1, -0.05) is 279 Å². The number of allylic oxidation sites excluding steroid dienone is 16. The number of carbonyl (C=O) groups is 3. The van der Waals surface area contributed by atoms with E-state index in [1.165, 1.54) is 161 Å². The second-order valence-corrected chi connectivity index (χ2v) is 21.6. The molecule has 0 heterocycles. The quantitative estimate of drug-likeness (QED) is 0.0261. The monoisotopic (exact) mass is 1070 g/mol. The smallest absolute Gasteiger partial charge is 0.306 e. The van der Waals surface area contributed by atoms with Crippen molar-refractivity contribution in [2.75, 3.05) is 13.2 Å². The highest BCUT2D eigenvalue weighted by atomic mass is 16.6.